The van der Waals surface area contributed by atoms with Gasteiger partial charge in [0.25, 0.3) is 0 Å². The fraction of sp³-hybridized carbons (Fsp3) is 0.353. The number of nitrogens with one attached hydrogen (secondary N) is 1. The molecule has 1 amide bonds. The van der Waals surface area contributed by atoms with Crippen LogP contribution >= 0.6 is 0 Å². The molecule has 0 unspecified atom stereocenters. The van der Waals surface area contributed by atoms with E-state index >= 15 is 0 Å². The maximum Gasteiger partial charge on any atom is 0.416 e. The summed E-state index contributed by atoms with van der Waals surface area (Å²) in [6.45, 7) is 4.61. The molecule has 1 aromatic rings. The number of carboxylic acid groups (broad SMARTS) is 1. The maximum atomic E-state index is 12.4. The van der Waals surface area contributed by atoms with Crippen LogP contribution in [0.2, 0.25) is 0 Å². The number of rotatable bonds is 5. The zero-order chi connectivity index (χ0) is 20.7. The molecular formula is C17H18F3N3O4. The monoisotopic (exact) mass is 385 g/mol. The smallest absolute Gasteiger partial charge is 0.416 e. The van der Waals surface area contributed by atoms with Crippen molar-refractivity contribution in [1.29, 1.82) is 0 Å². The van der Waals surface area contributed by atoms with Gasteiger partial charge in [0.2, 0.25) is 0 Å². The van der Waals surface area contributed by atoms with Gasteiger partial charge in [-0.05, 0) is 45.0 Å². The third-order valence-electron chi connectivity index (χ3n) is 2.75. The van der Waals surface area contributed by atoms with Crippen molar-refractivity contribution in [2.24, 2.45) is 9.98 Å². The Labute approximate surface area is 153 Å². The molecule has 0 atom stereocenters. The second-order valence-corrected chi connectivity index (χ2v) is 6.20. The molecule has 0 aliphatic heterocycles. The summed E-state index contributed by atoms with van der Waals surface area (Å²) >= 11 is 0. The predicted molar refractivity (Wildman–Crippen MR) is 90.9 cm³/mol. The largest absolute Gasteiger partial charge is 0.478 e. The number of hydrogen-bond donors (Lipinski definition) is 2. The van der Waals surface area contributed by atoms with Gasteiger partial charge in [-0.2, -0.15) is 23.2 Å². The molecule has 0 aromatic heterocycles. The summed E-state index contributed by atoms with van der Waals surface area (Å²) in [7, 11) is 0. The number of hydrogen-bond acceptors (Lipinski definition) is 5. The number of aliphatic imine (C=N–C) groups is 2. The van der Waals surface area contributed by atoms with Gasteiger partial charge in [-0.25, -0.2) is 9.59 Å². The first kappa shape index (κ1) is 21.9. The Bertz CT molecular complexity index is 772. The zero-order valence-electron chi connectivity index (χ0n) is 14.8. The molecule has 0 spiro atoms. The minimum absolute atomic E-state index is 0.156. The number of amides is 1. The van der Waals surface area contributed by atoms with E-state index in [-0.39, 0.29) is 17.8 Å². The fourth-order valence-corrected chi connectivity index (χ4v) is 1.58. The lowest BCUT2D eigenvalue weighted by Gasteiger charge is -2.19. The van der Waals surface area contributed by atoms with Gasteiger partial charge in [-0.3, -0.25) is 0 Å². The summed E-state index contributed by atoms with van der Waals surface area (Å²) in [4.78, 5) is 29.8. The fourth-order valence-electron chi connectivity index (χ4n) is 1.58. The Morgan fingerprint density at radius 2 is 1.81 bits per heavy atom. The van der Waals surface area contributed by atoms with E-state index in [2.05, 4.69) is 21.3 Å². The lowest BCUT2D eigenvalue weighted by atomic mass is 10.2. The second kappa shape index (κ2) is 9.00. The molecule has 0 heterocycles. The Morgan fingerprint density at radius 3 is 2.30 bits per heavy atom. The van der Waals surface area contributed by atoms with E-state index in [1.54, 1.807) is 20.8 Å². The van der Waals surface area contributed by atoms with Gasteiger partial charge >= 0.3 is 18.2 Å². The molecule has 1 rings (SSSR count). The molecule has 0 aliphatic carbocycles. The summed E-state index contributed by atoms with van der Waals surface area (Å²) in [6.07, 6.45) is -4.33. The number of aliphatic carboxylic acids is 1. The lowest BCUT2D eigenvalue weighted by Crippen LogP contribution is -2.34. The normalized spacial score (nSPS) is 12.0. The molecule has 0 bridgehead atoms. The van der Waals surface area contributed by atoms with Gasteiger partial charge < -0.3 is 15.2 Å². The number of alkyl carbamates (subject to hydrolysis) is 1. The highest BCUT2D eigenvalue weighted by Gasteiger charge is 2.29. The first-order chi connectivity index (χ1) is 12.4. The highest BCUT2D eigenvalue weighted by Crippen LogP contribution is 2.30. The second-order valence-electron chi connectivity index (χ2n) is 6.20. The molecule has 0 fully saturated rings. The number of alkyl halides is 3. The van der Waals surface area contributed by atoms with Gasteiger partial charge in [0, 0.05) is 0 Å². The van der Waals surface area contributed by atoms with Gasteiger partial charge in [-0.1, -0.05) is 0 Å². The molecule has 2 N–H and O–H groups in total. The van der Waals surface area contributed by atoms with Crippen molar-refractivity contribution in [1.82, 2.24) is 5.32 Å². The summed E-state index contributed by atoms with van der Waals surface area (Å²) < 4.78 is 42.3. The van der Waals surface area contributed by atoms with E-state index in [9.17, 15) is 22.8 Å². The van der Waals surface area contributed by atoms with Crippen LogP contribution in [0.5, 0.6) is 0 Å². The number of carbonyl (C=O) groups is 2. The molecule has 146 valence electrons. The number of halogens is 3. The summed E-state index contributed by atoms with van der Waals surface area (Å²) in [5, 5.41) is 11.3. The minimum atomic E-state index is -4.45. The predicted octanol–water partition coefficient (Wildman–Crippen LogP) is 4.00. The van der Waals surface area contributed by atoms with Crippen LogP contribution in [-0.2, 0) is 15.7 Å². The van der Waals surface area contributed by atoms with E-state index in [4.69, 9.17) is 9.84 Å². The average molecular weight is 385 g/mol. The third-order valence-corrected chi connectivity index (χ3v) is 2.75. The van der Waals surface area contributed by atoms with Gasteiger partial charge in [-0.15, -0.1) is 0 Å². The van der Waals surface area contributed by atoms with Crippen molar-refractivity contribution in [3.05, 3.63) is 41.6 Å². The molecule has 0 radical (unpaired) electrons. The van der Waals surface area contributed by atoms with Crippen molar-refractivity contribution in [2.75, 3.05) is 6.54 Å². The molecular weight excluding hydrogens is 367 g/mol. The van der Waals surface area contributed by atoms with Crippen LogP contribution in [0.25, 0.3) is 0 Å². The third kappa shape index (κ3) is 8.68. The van der Waals surface area contributed by atoms with E-state index in [1.807, 2.05) is 0 Å². The number of nitrogens with zero attached hydrogens (tertiary/aromatic N) is 2. The van der Waals surface area contributed by atoms with E-state index in [0.29, 0.717) is 0 Å². The van der Waals surface area contributed by atoms with E-state index in [1.165, 1.54) is 0 Å². The van der Waals surface area contributed by atoms with Crippen LogP contribution in [-0.4, -0.2) is 35.3 Å². The Morgan fingerprint density at radius 1 is 1.22 bits per heavy atom. The number of benzene rings is 1. The van der Waals surface area contributed by atoms with Crippen LogP contribution in [0, 0.1) is 0 Å². The van der Waals surface area contributed by atoms with Gasteiger partial charge in [0.15, 0.2) is 0 Å². The average Bonchev–Trinajstić information content (AvgIpc) is 2.51. The molecule has 0 saturated carbocycles. The number of carboxylic acids is 1. The zero-order valence-corrected chi connectivity index (χ0v) is 14.8. The summed E-state index contributed by atoms with van der Waals surface area (Å²) in [5.41, 5.74) is -1.66. The quantitative estimate of drug-likeness (QED) is 0.591. The first-order valence-electron chi connectivity index (χ1n) is 7.60. The van der Waals surface area contributed by atoms with Crippen LogP contribution in [0.15, 0.2) is 46.0 Å². The molecule has 1 aromatic carbocycles. The molecule has 0 aliphatic rings. The van der Waals surface area contributed by atoms with Crippen molar-refractivity contribution in [3.63, 3.8) is 0 Å². The van der Waals surface area contributed by atoms with Crippen LogP contribution in [0.3, 0.4) is 0 Å². The lowest BCUT2D eigenvalue weighted by molar-refractivity contribution is -0.137. The van der Waals surface area contributed by atoms with Gasteiger partial charge in [0.1, 0.15) is 5.60 Å². The van der Waals surface area contributed by atoms with Gasteiger partial charge in [0.05, 0.1) is 35.6 Å². The maximum absolute atomic E-state index is 12.4. The molecule has 0 saturated heterocycles. The Hall–Kier alpha value is -3.13. The van der Waals surface area contributed by atoms with Crippen LogP contribution in [0.1, 0.15) is 26.3 Å². The highest BCUT2D eigenvalue weighted by molar-refractivity contribution is 5.88. The van der Waals surface area contributed by atoms with E-state index < -0.39 is 29.4 Å². The minimum Gasteiger partial charge on any atom is -0.478 e. The van der Waals surface area contributed by atoms with Crippen LogP contribution in [0.4, 0.5) is 23.7 Å². The van der Waals surface area contributed by atoms with Crippen molar-refractivity contribution in [3.8, 4) is 0 Å². The van der Waals surface area contributed by atoms with E-state index in [0.717, 1.165) is 30.5 Å². The number of ether oxygens (including phenoxy) is 1. The SMILES string of the molecule is CC(C)(C)OC(=O)NC/C(=C\N=C=Nc1ccc(C(F)(F)F)cc1)C(=O)O. The first-order valence-corrected chi connectivity index (χ1v) is 7.60. The van der Waals surface area contributed by atoms with Crippen molar-refractivity contribution >= 4 is 23.8 Å². The molecule has 27 heavy (non-hydrogen) atoms. The van der Waals surface area contributed by atoms with Crippen molar-refractivity contribution < 1.29 is 32.6 Å². The molecule has 10 heteroatoms. The summed E-state index contributed by atoms with van der Waals surface area (Å²) in [6, 6.07) is 6.10. The van der Waals surface area contributed by atoms with Crippen molar-refractivity contribution in [2.45, 2.75) is 32.5 Å². The summed E-state index contributed by atoms with van der Waals surface area (Å²) in [5.74, 6) is -1.33. The standard InChI is InChI=1S/C17H18F3N3O4/c1-16(2,3)27-15(26)22-9-11(14(24)25)8-21-10-23-13-6-4-12(5-7-13)17(18,19)20/h4-8H,9H2,1-3H3,(H,22,26)(H,24,25)/b11-8+. The van der Waals surface area contributed by atoms with Crippen LogP contribution < -0.4 is 5.32 Å². The Balaban J connectivity index is 2.75. The Kier molecular flexibility index (Phi) is 7.30. The molecule has 7 nitrogen and oxygen atoms in total. The highest BCUT2D eigenvalue weighted by atomic mass is 19.4. The topological polar surface area (TPSA) is 100 Å². The number of carbonyl (C=O) groups excluding carboxylic acids is 1.